The van der Waals surface area contributed by atoms with Gasteiger partial charge in [0.05, 0.1) is 0 Å². The smallest absolute Gasteiger partial charge is 0.135 e. The monoisotopic (exact) mass is 209 g/mol. The number of ether oxygens (including phenoxy) is 1. The van der Waals surface area contributed by atoms with Crippen LogP contribution in [0.2, 0.25) is 0 Å². The van der Waals surface area contributed by atoms with Crippen molar-refractivity contribution < 1.29 is 4.74 Å². The molecule has 0 spiro atoms. The van der Waals surface area contributed by atoms with E-state index in [1.165, 1.54) is 18.5 Å². The van der Waals surface area contributed by atoms with Crippen molar-refractivity contribution in [3.8, 4) is 0 Å². The number of hydrogen-bond acceptors (Lipinski definition) is 3. The van der Waals surface area contributed by atoms with E-state index in [9.17, 15) is 0 Å². The molecule has 0 amide bonds. The second-order valence-corrected chi connectivity index (χ2v) is 4.10. The van der Waals surface area contributed by atoms with Crippen molar-refractivity contribution in [2.45, 2.75) is 32.4 Å². The minimum atomic E-state index is 0.596. The molecule has 0 unspecified atom stereocenters. The number of aromatic nitrogens is 2. The molecule has 0 radical (unpaired) electrons. The molecule has 1 N–H and O–H groups in total. The van der Waals surface area contributed by atoms with E-state index in [0.29, 0.717) is 12.6 Å². The van der Waals surface area contributed by atoms with Gasteiger partial charge in [-0.3, -0.25) is 0 Å². The van der Waals surface area contributed by atoms with Gasteiger partial charge in [0.15, 0.2) is 0 Å². The predicted octanol–water partition coefficient (Wildman–Crippen LogP) is 1.26. The topological polar surface area (TPSA) is 39.1 Å². The number of nitrogens with zero attached hydrogens (tertiary/aromatic N) is 2. The van der Waals surface area contributed by atoms with Gasteiger partial charge in [-0.1, -0.05) is 0 Å². The zero-order valence-electron chi connectivity index (χ0n) is 9.49. The lowest BCUT2D eigenvalue weighted by atomic mass is 10.1. The average Bonchev–Trinajstić information content (AvgIpc) is 2.62. The van der Waals surface area contributed by atoms with Gasteiger partial charge < -0.3 is 14.6 Å². The Balaban J connectivity index is 2.19. The first-order valence-corrected chi connectivity index (χ1v) is 5.55. The lowest BCUT2D eigenvalue weighted by Gasteiger charge is -2.26. The fraction of sp³-hybridized carbons (Fsp3) is 0.727. The average molecular weight is 209 g/mol. The molecule has 1 aliphatic heterocycles. The molecule has 84 valence electrons. The Morgan fingerprint density at radius 1 is 1.53 bits per heavy atom. The molecule has 1 aromatic rings. The van der Waals surface area contributed by atoms with Gasteiger partial charge in [0.2, 0.25) is 0 Å². The summed E-state index contributed by atoms with van der Waals surface area (Å²) in [7, 11) is 1.72. The Bertz CT molecular complexity index is 316. The SMILES string of the molecule is COCc1ncc(C)n1C1CCNCC1. The predicted molar refractivity (Wildman–Crippen MR) is 58.8 cm³/mol. The highest BCUT2D eigenvalue weighted by Gasteiger charge is 2.19. The van der Waals surface area contributed by atoms with Crippen molar-refractivity contribution >= 4 is 0 Å². The first-order chi connectivity index (χ1) is 7.33. The minimum absolute atomic E-state index is 0.596. The quantitative estimate of drug-likeness (QED) is 0.814. The van der Waals surface area contributed by atoms with Crippen molar-refractivity contribution in [2.24, 2.45) is 0 Å². The Kier molecular flexibility index (Phi) is 3.38. The summed E-state index contributed by atoms with van der Waals surface area (Å²) in [6.07, 6.45) is 4.32. The normalized spacial score (nSPS) is 18.3. The van der Waals surface area contributed by atoms with E-state index < -0.39 is 0 Å². The van der Waals surface area contributed by atoms with E-state index in [0.717, 1.165) is 18.9 Å². The Morgan fingerprint density at radius 3 is 2.93 bits per heavy atom. The van der Waals surface area contributed by atoms with Crippen LogP contribution < -0.4 is 5.32 Å². The van der Waals surface area contributed by atoms with E-state index in [-0.39, 0.29) is 0 Å². The fourth-order valence-corrected chi connectivity index (χ4v) is 2.30. The second-order valence-electron chi connectivity index (χ2n) is 4.10. The highest BCUT2D eigenvalue weighted by Crippen LogP contribution is 2.22. The van der Waals surface area contributed by atoms with E-state index in [1.54, 1.807) is 7.11 Å². The number of rotatable bonds is 3. The van der Waals surface area contributed by atoms with Gasteiger partial charge in [-0.05, 0) is 32.9 Å². The number of hydrogen-bond donors (Lipinski definition) is 1. The lowest BCUT2D eigenvalue weighted by molar-refractivity contribution is 0.170. The molecule has 1 aromatic heterocycles. The molecule has 0 atom stereocenters. The van der Waals surface area contributed by atoms with Crippen LogP contribution in [0.5, 0.6) is 0 Å². The first-order valence-electron chi connectivity index (χ1n) is 5.55. The summed E-state index contributed by atoms with van der Waals surface area (Å²) < 4.78 is 7.51. The van der Waals surface area contributed by atoms with Crippen LogP contribution in [0.3, 0.4) is 0 Å². The molecular weight excluding hydrogens is 190 g/mol. The lowest BCUT2D eigenvalue weighted by Crippen LogP contribution is -2.30. The Labute approximate surface area is 90.6 Å². The van der Waals surface area contributed by atoms with E-state index in [1.807, 2.05) is 6.20 Å². The molecule has 1 aliphatic rings. The summed E-state index contributed by atoms with van der Waals surface area (Å²) in [5, 5.41) is 3.38. The molecule has 1 saturated heterocycles. The maximum atomic E-state index is 5.17. The third kappa shape index (κ3) is 2.21. The number of imidazole rings is 1. The minimum Gasteiger partial charge on any atom is -0.377 e. The van der Waals surface area contributed by atoms with Crippen LogP contribution in [-0.4, -0.2) is 29.8 Å². The van der Waals surface area contributed by atoms with Gasteiger partial charge in [0, 0.05) is 25.0 Å². The van der Waals surface area contributed by atoms with Gasteiger partial charge in [-0.2, -0.15) is 0 Å². The number of piperidine rings is 1. The van der Waals surface area contributed by atoms with Crippen LogP contribution in [-0.2, 0) is 11.3 Å². The molecule has 0 aromatic carbocycles. The number of aryl methyl sites for hydroxylation is 1. The molecule has 1 fully saturated rings. The molecule has 0 saturated carbocycles. The van der Waals surface area contributed by atoms with Crippen molar-refractivity contribution in [1.29, 1.82) is 0 Å². The summed E-state index contributed by atoms with van der Waals surface area (Å²) in [5.41, 5.74) is 1.24. The maximum Gasteiger partial charge on any atom is 0.135 e. The summed E-state index contributed by atoms with van der Waals surface area (Å²) in [5.74, 6) is 1.06. The van der Waals surface area contributed by atoms with E-state index >= 15 is 0 Å². The van der Waals surface area contributed by atoms with E-state index in [4.69, 9.17) is 4.74 Å². The highest BCUT2D eigenvalue weighted by molar-refractivity contribution is 5.05. The Morgan fingerprint density at radius 2 is 2.27 bits per heavy atom. The van der Waals surface area contributed by atoms with Crippen LogP contribution in [0.25, 0.3) is 0 Å². The Hall–Kier alpha value is -0.870. The molecule has 4 heteroatoms. The van der Waals surface area contributed by atoms with Crippen molar-refractivity contribution in [2.75, 3.05) is 20.2 Å². The van der Waals surface area contributed by atoms with Crippen LogP contribution >= 0.6 is 0 Å². The summed E-state index contributed by atoms with van der Waals surface area (Å²) in [6.45, 7) is 4.94. The van der Waals surface area contributed by atoms with Crippen LogP contribution in [0.15, 0.2) is 6.20 Å². The summed E-state index contributed by atoms with van der Waals surface area (Å²) >= 11 is 0. The summed E-state index contributed by atoms with van der Waals surface area (Å²) in [6, 6.07) is 0.596. The third-order valence-corrected chi connectivity index (χ3v) is 3.01. The first kappa shape index (κ1) is 10.6. The van der Waals surface area contributed by atoms with Crippen LogP contribution in [0, 0.1) is 6.92 Å². The molecule has 0 bridgehead atoms. The maximum absolute atomic E-state index is 5.17. The largest absolute Gasteiger partial charge is 0.377 e. The molecular formula is C11H19N3O. The zero-order valence-corrected chi connectivity index (χ0v) is 9.49. The zero-order chi connectivity index (χ0) is 10.7. The van der Waals surface area contributed by atoms with Crippen molar-refractivity contribution in [3.63, 3.8) is 0 Å². The molecule has 2 rings (SSSR count). The molecule has 2 heterocycles. The van der Waals surface area contributed by atoms with Crippen molar-refractivity contribution in [3.05, 3.63) is 17.7 Å². The van der Waals surface area contributed by atoms with Crippen molar-refractivity contribution in [1.82, 2.24) is 14.9 Å². The number of methoxy groups -OCH3 is 1. The van der Waals surface area contributed by atoms with Gasteiger partial charge >= 0.3 is 0 Å². The molecule has 4 nitrogen and oxygen atoms in total. The fourth-order valence-electron chi connectivity index (χ4n) is 2.30. The summed E-state index contributed by atoms with van der Waals surface area (Å²) in [4.78, 5) is 4.40. The van der Waals surface area contributed by atoms with Crippen LogP contribution in [0.4, 0.5) is 0 Å². The third-order valence-electron chi connectivity index (χ3n) is 3.01. The van der Waals surface area contributed by atoms with E-state index in [2.05, 4.69) is 21.8 Å². The van der Waals surface area contributed by atoms with Gasteiger partial charge in [0.25, 0.3) is 0 Å². The van der Waals surface area contributed by atoms with Gasteiger partial charge in [-0.25, -0.2) is 4.98 Å². The van der Waals surface area contributed by atoms with Gasteiger partial charge in [-0.15, -0.1) is 0 Å². The highest BCUT2D eigenvalue weighted by atomic mass is 16.5. The number of nitrogens with one attached hydrogen (secondary N) is 1. The second kappa shape index (κ2) is 4.77. The molecule has 0 aliphatic carbocycles. The van der Waals surface area contributed by atoms with Gasteiger partial charge in [0.1, 0.15) is 12.4 Å². The van der Waals surface area contributed by atoms with Crippen LogP contribution in [0.1, 0.15) is 30.4 Å². The standard InChI is InChI=1S/C11H19N3O/c1-9-7-13-11(8-15-2)14(9)10-3-5-12-6-4-10/h7,10,12H,3-6,8H2,1-2H3. The molecule has 15 heavy (non-hydrogen) atoms.